The van der Waals surface area contributed by atoms with Gasteiger partial charge >= 0.3 is 6.09 Å². The van der Waals surface area contributed by atoms with Gasteiger partial charge in [-0.25, -0.2) is 4.79 Å². The molecule has 1 heterocycles. The molecule has 0 bridgehead atoms. The minimum atomic E-state index is -0.381. The van der Waals surface area contributed by atoms with Crippen molar-refractivity contribution in [2.75, 3.05) is 46.4 Å². The second-order valence-electron chi connectivity index (χ2n) is 8.07. The predicted molar refractivity (Wildman–Crippen MR) is 129 cm³/mol. The average molecular weight is 436 g/mol. The average Bonchev–Trinajstić information content (AvgIpc) is 2.78. The van der Waals surface area contributed by atoms with Crippen LogP contribution in [0, 0.1) is 0 Å². The van der Waals surface area contributed by atoms with Gasteiger partial charge in [-0.05, 0) is 64.0 Å². The van der Waals surface area contributed by atoms with E-state index in [9.17, 15) is 4.79 Å². The number of amides is 1. The van der Waals surface area contributed by atoms with Gasteiger partial charge in [0.1, 0.15) is 5.75 Å². The lowest BCUT2D eigenvalue weighted by atomic mass is 10.0. The summed E-state index contributed by atoms with van der Waals surface area (Å²) >= 11 is 0. The number of rotatable bonds is 10. The molecule has 1 fully saturated rings. The van der Waals surface area contributed by atoms with Crippen LogP contribution in [0.25, 0.3) is 0 Å². The Bertz CT molecular complexity index is 618. The molecule has 1 aliphatic heterocycles. The van der Waals surface area contributed by atoms with Gasteiger partial charge in [-0.15, -0.1) is 0 Å². The summed E-state index contributed by atoms with van der Waals surface area (Å²) in [5.41, 5.74) is 2.56. The first kappa shape index (κ1) is 27.2. The number of ether oxygens (including phenoxy) is 2. The number of likely N-dealkylation sites (tertiary alicyclic amines) is 1. The lowest BCUT2D eigenvalue weighted by Gasteiger charge is -2.30. The molecule has 1 unspecified atom stereocenters. The molecule has 2 rings (SSSR count). The molecule has 1 amide bonds. The van der Waals surface area contributed by atoms with Crippen LogP contribution in [0.4, 0.5) is 4.79 Å². The zero-order chi connectivity index (χ0) is 23.1. The Morgan fingerprint density at radius 1 is 1.16 bits per heavy atom. The highest BCUT2D eigenvalue weighted by Gasteiger charge is 2.18. The van der Waals surface area contributed by atoms with Crippen molar-refractivity contribution in [3.63, 3.8) is 0 Å². The monoisotopic (exact) mass is 435 g/mol. The zero-order valence-corrected chi connectivity index (χ0v) is 20.7. The number of carbonyl (C=O) groups excluding carboxylic acids is 1. The lowest BCUT2D eigenvalue weighted by Crippen LogP contribution is -2.36. The largest absolute Gasteiger partial charge is 0.494 e. The van der Waals surface area contributed by atoms with Crippen LogP contribution in [-0.2, 0) is 11.3 Å². The van der Waals surface area contributed by atoms with Gasteiger partial charge in [0.2, 0.25) is 0 Å². The van der Waals surface area contributed by atoms with Crippen molar-refractivity contribution in [2.24, 2.45) is 0 Å². The number of methoxy groups -OCH3 is 1. The van der Waals surface area contributed by atoms with E-state index in [-0.39, 0.29) is 12.1 Å². The summed E-state index contributed by atoms with van der Waals surface area (Å²) in [5.74, 6) is 0.999. The van der Waals surface area contributed by atoms with Crippen molar-refractivity contribution in [1.29, 1.82) is 0 Å². The molecule has 0 aromatic heterocycles. The summed E-state index contributed by atoms with van der Waals surface area (Å²) in [7, 11) is 1.39. The van der Waals surface area contributed by atoms with Crippen LogP contribution in [0.1, 0.15) is 77.5 Å². The Morgan fingerprint density at radius 2 is 1.84 bits per heavy atom. The number of nitrogens with zero attached hydrogens (tertiary/aromatic N) is 2. The standard InChI is InChI=1S/C22H37N3O3.C3H8/c1-5-25(15-12-23-22(26)27-4)18(3)19-10-11-21(28-6-2)20(16-19)17-24-13-8-7-9-14-24;1-3-2/h10-11,16,18H,5-9,12-15,17H2,1-4H3,(H,23,26);3H2,1-2H3. The van der Waals surface area contributed by atoms with Crippen LogP contribution in [0.3, 0.4) is 0 Å². The number of hydrogen-bond acceptors (Lipinski definition) is 5. The summed E-state index contributed by atoms with van der Waals surface area (Å²) < 4.78 is 10.5. The number of benzene rings is 1. The SMILES string of the molecule is CCC.CCOc1ccc(C(C)N(CC)CCNC(=O)OC)cc1CN1CCCCC1. The number of hydrogen-bond donors (Lipinski definition) is 1. The molecule has 178 valence electrons. The molecule has 0 aliphatic carbocycles. The molecular formula is C25H45N3O3. The van der Waals surface area contributed by atoms with E-state index in [1.807, 2.05) is 6.92 Å². The van der Waals surface area contributed by atoms with Gasteiger partial charge in [-0.3, -0.25) is 9.80 Å². The maximum Gasteiger partial charge on any atom is 0.406 e. The Hall–Kier alpha value is -1.79. The third-order valence-electron chi connectivity index (χ3n) is 5.52. The molecule has 1 saturated heterocycles. The van der Waals surface area contributed by atoms with E-state index in [0.29, 0.717) is 13.2 Å². The fraction of sp³-hybridized carbons (Fsp3) is 0.720. The van der Waals surface area contributed by atoms with Gasteiger partial charge in [0.25, 0.3) is 0 Å². The first-order valence-corrected chi connectivity index (χ1v) is 12.0. The Balaban J connectivity index is 0.00000151. The molecule has 1 aliphatic rings. The summed E-state index contributed by atoms with van der Waals surface area (Å²) in [4.78, 5) is 16.2. The van der Waals surface area contributed by atoms with E-state index in [1.165, 1.54) is 57.0 Å². The molecule has 1 aromatic rings. The second-order valence-corrected chi connectivity index (χ2v) is 8.07. The first-order chi connectivity index (χ1) is 15.0. The molecule has 6 heteroatoms. The van der Waals surface area contributed by atoms with Gasteiger partial charge in [-0.2, -0.15) is 0 Å². The van der Waals surface area contributed by atoms with Gasteiger partial charge in [0.15, 0.2) is 0 Å². The van der Waals surface area contributed by atoms with Gasteiger partial charge < -0.3 is 14.8 Å². The van der Waals surface area contributed by atoms with Crippen LogP contribution < -0.4 is 10.1 Å². The van der Waals surface area contributed by atoms with E-state index >= 15 is 0 Å². The van der Waals surface area contributed by atoms with Gasteiger partial charge in [-0.1, -0.05) is 39.7 Å². The second kappa shape index (κ2) is 15.9. The maximum absolute atomic E-state index is 11.3. The highest BCUT2D eigenvalue weighted by molar-refractivity contribution is 5.66. The highest BCUT2D eigenvalue weighted by Crippen LogP contribution is 2.28. The quantitative estimate of drug-likeness (QED) is 0.546. The molecule has 1 atom stereocenters. The van der Waals surface area contributed by atoms with Gasteiger partial charge in [0, 0.05) is 31.2 Å². The molecule has 0 saturated carbocycles. The summed E-state index contributed by atoms with van der Waals surface area (Å²) in [6, 6.07) is 6.86. The van der Waals surface area contributed by atoms with Crippen LogP contribution in [0.15, 0.2) is 18.2 Å². The van der Waals surface area contributed by atoms with E-state index in [4.69, 9.17) is 4.74 Å². The maximum atomic E-state index is 11.3. The molecule has 1 aromatic carbocycles. The van der Waals surface area contributed by atoms with Gasteiger partial charge in [0.05, 0.1) is 13.7 Å². The number of likely N-dealkylation sites (N-methyl/N-ethyl adjacent to an activating group) is 1. The molecular weight excluding hydrogens is 390 g/mol. The minimum absolute atomic E-state index is 0.264. The summed E-state index contributed by atoms with van der Waals surface area (Å²) in [5, 5.41) is 2.77. The summed E-state index contributed by atoms with van der Waals surface area (Å²) in [6.07, 6.45) is 4.79. The summed E-state index contributed by atoms with van der Waals surface area (Å²) in [6.45, 7) is 16.9. The van der Waals surface area contributed by atoms with E-state index in [1.54, 1.807) is 0 Å². The first-order valence-electron chi connectivity index (χ1n) is 12.0. The smallest absolute Gasteiger partial charge is 0.406 e. The normalized spacial score (nSPS) is 15.1. The van der Waals surface area contributed by atoms with Crippen molar-refractivity contribution >= 4 is 6.09 Å². The van der Waals surface area contributed by atoms with Crippen LogP contribution in [-0.4, -0.2) is 62.3 Å². The number of alkyl carbamates (subject to hydrolysis) is 1. The third kappa shape index (κ3) is 9.92. The topological polar surface area (TPSA) is 54.0 Å². The number of piperidine rings is 1. The highest BCUT2D eigenvalue weighted by atomic mass is 16.5. The Labute approximate surface area is 190 Å². The van der Waals surface area contributed by atoms with E-state index in [0.717, 1.165) is 25.4 Å². The van der Waals surface area contributed by atoms with Crippen molar-refractivity contribution in [2.45, 2.75) is 72.9 Å². The lowest BCUT2D eigenvalue weighted by molar-refractivity contribution is 0.165. The van der Waals surface area contributed by atoms with Crippen LogP contribution in [0.5, 0.6) is 5.75 Å². The predicted octanol–water partition coefficient (Wildman–Crippen LogP) is 5.23. The van der Waals surface area contributed by atoms with Crippen molar-refractivity contribution < 1.29 is 14.3 Å². The Morgan fingerprint density at radius 3 is 2.42 bits per heavy atom. The molecule has 6 nitrogen and oxygen atoms in total. The van der Waals surface area contributed by atoms with Crippen LogP contribution in [0.2, 0.25) is 0 Å². The molecule has 31 heavy (non-hydrogen) atoms. The number of carbonyl (C=O) groups is 1. The van der Waals surface area contributed by atoms with E-state index < -0.39 is 0 Å². The molecule has 1 N–H and O–H groups in total. The van der Waals surface area contributed by atoms with Crippen molar-refractivity contribution in [3.8, 4) is 5.75 Å². The Kier molecular flexibility index (Phi) is 14.0. The molecule has 0 radical (unpaired) electrons. The number of nitrogens with one attached hydrogen (secondary N) is 1. The molecule has 0 spiro atoms. The zero-order valence-electron chi connectivity index (χ0n) is 20.7. The van der Waals surface area contributed by atoms with Crippen molar-refractivity contribution in [3.05, 3.63) is 29.3 Å². The fourth-order valence-corrected chi connectivity index (χ4v) is 3.85. The minimum Gasteiger partial charge on any atom is -0.494 e. The van der Waals surface area contributed by atoms with E-state index in [2.05, 4.69) is 65.7 Å². The fourth-order valence-electron chi connectivity index (χ4n) is 3.85. The third-order valence-corrected chi connectivity index (χ3v) is 5.52. The van der Waals surface area contributed by atoms with Crippen molar-refractivity contribution in [1.82, 2.24) is 15.1 Å². The van der Waals surface area contributed by atoms with Crippen LogP contribution >= 0.6 is 0 Å².